The zero-order chi connectivity index (χ0) is 14.5. The molecule has 1 fully saturated rings. The molecule has 0 spiro atoms. The van der Waals surface area contributed by atoms with Gasteiger partial charge in [-0.15, -0.1) is 0 Å². The van der Waals surface area contributed by atoms with Crippen molar-refractivity contribution >= 4 is 11.6 Å². The van der Waals surface area contributed by atoms with Gasteiger partial charge in [0, 0.05) is 10.9 Å². The number of ether oxygens (including phenoxy) is 1. The van der Waals surface area contributed by atoms with E-state index in [1.54, 1.807) is 0 Å². The van der Waals surface area contributed by atoms with Crippen LogP contribution in [0.15, 0.2) is 54.6 Å². The molecular formula is C18H20ClNO. The van der Waals surface area contributed by atoms with Crippen molar-refractivity contribution in [2.24, 2.45) is 5.92 Å². The number of benzene rings is 2. The summed E-state index contributed by atoms with van der Waals surface area (Å²) in [6.45, 7) is 2.12. The third kappa shape index (κ3) is 3.78. The Bertz CT molecular complexity index is 566. The number of hydrogen-bond donors (Lipinski definition) is 1. The van der Waals surface area contributed by atoms with Crippen LogP contribution in [0.4, 0.5) is 0 Å². The van der Waals surface area contributed by atoms with Crippen LogP contribution in [-0.4, -0.2) is 13.1 Å². The summed E-state index contributed by atoms with van der Waals surface area (Å²) in [7, 11) is 0. The molecule has 1 aliphatic heterocycles. The van der Waals surface area contributed by atoms with Crippen molar-refractivity contribution in [2.45, 2.75) is 18.9 Å². The summed E-state index contributed by atoms with van der Waals surface area (Å²) in [4.78, 5) is 0. The Morgan fingerprint density at radius 1 is 1.00 bits per heavy atom. The minimum absolute atomic E-state index is 0.0896. The van der Waals surface area contributed by atoms with Gasteiger partial charge in [0.15, 0.2) is 0 Å². The second kappa shape index (κ2) is 6.97. The Hall–Kier alpha value is -1.51. The van der Waals surface area contributed by atoms with E-state index in [1.165, 1.54) is 5.56 Å². The molecule has 0 amide bonds. The summed E-state index contributed by atoms with van der Waals surface area (Å²) in [5, 5.41) is 4.13. The highest BCUT2D eigenvalue weighted by Crippen LogP contribution is 2.34. The lowest BCUT2D eigenvalue weighted by atomic mass is 9.88. The lowest BCUT2D eigenvalue weighted by molar-refractivity contribution is 0.112. The average molecular weight is 302 g/mol. The van der Waals surface area contributed by atoms with Crippen molar-refractivity contribution in [1.29, 1.82) is 0 Å². The first-order valence-corrected chi connectivity index (χ1v) is 7.88. The molecule has 1 saturated heterocycles. The Morgan fingerprint density at radius 3 is 2.48 bits per heavy atom. The maximum atomic E-state index is 6.31. The second-order valence-electron chi connectivity index (χ2n) is 5.49. The summed E-state index contributed by atoms with van der Waals surface area (Å²) in [6.07, 6.45) is 2.37. The van der Waals surface area contributed by atoms with Crippen LogP contribution in [-0.2, 0) is 0 Å². The van der Waals surface area contributed by atoms with Crippen LogP contribution in [0.25, 0.3) is 0 Å². The van der Waals surface area contributed by atoms with Crippen LogP contribution < -0.4 is 10.1 Å². The van der Waals surface area contributed by atoms with Gasteiger partial charge in [-0.2, -0.15) is 0 Å². The molecule has 0 aliphatic carbocycles. The molecule has 0 saturated carbocycles. The minimum Gasteiger partial charge on any atom is -0.485 e. The highest BCUT2D eigenvalue weighted by atomic mass is 35.5. The number of halogens is 1. The molecule has 0 aromatic heterocycles. The molecule has 3 rings (SSSR count). The normalized spacial score (nSPS) is 17.4. The lowest BCUT2D eigenvalue weighted by Crippen LogP contribution is -2.32. The first-order chi connectivity index (χ1) is 10.3. The monoisotopic (exact) mass is 301 g/mol. The molecule has 0 radical (unpaired) electrons. The standard InChI is InChI=1S/C18H20ClNO/c19-16-7-4-8-17(13-16)21-18(14-5-2-1-3-6-14)15-9-11-20-12-10-15/h1-8,13,15,18,20H,9-12H2/t18-/m0/s1. The quantitative estimate of drug-likeness (QED) is 0.900. The topological polar surface area (TPSA) is 21.3 Å². The van der Waals surface area contributed by atoms with Gasteiger partial charge < -0.3 is 10.1 Å². The molecule has 2 aromatic carbocycles. The van der Waals surface area contributed by atoms with E-state index in [0.29, 0.717) is 10.9 Å². The molecule has 21 heavy (non-hydrogen) atoms. The van der Waals surface area contributed by atoms with E-state index < -0.39 is 0 Å². The van der Waals surface area contributed by atoms with Crippen LogP contribution in [0.2, 0.25) is 5.02 Å². The zero-order valence-corrected chi connectivity index (χ0v) is 12.7. The second-order valence-corrected chi connectivity index (χ2v) is 5.93. The maximum Gasteiger partial charge on any atom is 0.127 e. The van der Waals surface area contributed by atoms with Crippen molar-refractivity contribution in [3.8, 4) is 5.75 Å². The fourth-order valence-electron chi connectivity index (χ4n) is 2.91. The van der Waals surface area contributed by atoms with E-state index >= 15 is 0 Å². The number of nitrogens with one attached hydrogen (secondary N) is 1. The summed E-state index contributed by atoms with van der Waals surface area (Å²) >= 11 is 6.07. The van der Waals surface area contributed by atoms with Crippen molar-refractivity contribution in [3.63, 3.8) is 0 Å². The molecule has 2 aromatic rings. The number of rotatable bonds is 4. The third-order valence-electron chi connectivity index (χ3n) is 4.00. The van der Waals surface area contributed by atoms with E-state index in [4.69, 9.17) is 16.3 Å². The smallest absolute Gasteiger partial charge is 0.127 e. The van der Waals surface area contributed by atoms with Gasteiger partial charge in [0.1, 0.15) is 11.9 Å². The molecule has 0 unspecified atom stereocenters. The summed E-state index contributed by atoms with van der Waals surface area (Å²) in [5.74, 6) is 1.38. The molecule has 3 heteroatoms. The van der Waals surface area contributed by atoms with Gasteiger partial charge >= 0.3 is 0 Å². The Kier molecular flexibility index (Phi) is 4.79. The zero-order valence-electron chi connectivity index (χ0n) is 12.0. The van der Waals surface area contributed by atoms with Gasteiger partial charge in [-0.1, -0.05) is 48.0 Å². The van der Waals surface area contributed by atoms with Gasteiger partial charge in [-0.3, -0.25) is 0 Å². The largest absolute Gasteiger partial charge is 0.485 e. The predicted molar refractivity (Wildman–Crippen MR) is 86.9 cm³/mol. The van der Waals surface area contributed by atoms with Crippen LogP contribution in [0.3, 0.4) is 0 Å². The predicted octanol–water partition coefficient (Wildman–Crippen LogP) is 4.46. The number of hydrogen-bond acceptors (Lipinski definition) is 2. The van der Waals surface area contributed by atoms with Crippen LogP contribution in [0, 0.1) is 5.92 Å². The molecule has 110 valence electrons. The van der Waals surface area contributed by atoms with Crippen molar-refractivity contribution in [2.75, 3.05) is 13.1 Å². The summed E-state index contributed by atoms with van der Waals surface area (Å²) in [6, 6.07) is 18.2. The maximum absolute atomic E-state index is 6.31. The van der Waals surface area contributed by atoms with E-state index in [-0.39, 0.29) is 6.10 Å². The Balaban J connectivity index is 1.85. The SMILES string of the molecule is Clc1cccc(O[C@@H](c2ccccc2)C2CCNCC2)c1. The molecule has 1 heterocycles. The van der Waals surface area contributed by atoms with E-state index in [1.807, 2.05) is 30.3 Å². The van der Waals surface area contributed by atoms with Crippen molar-refractivity contribution in [3.05, 3.63) is 65.2 Å². The number of piperidine rings is 1. The van der Waals surface area contributed by atoms with Crippen LogP contribution in [0.1, 0.15) is 24.5 Å². The fourth-order valence-corrected chi connectivity index (χ4v) is 3.09. The summed E-state index contributed by atoms with van der Waals surface area (Å²) < 4.78 is 6.31. The van der Waals surface area contributed by atoms with Gasteiger partial charge in [-0.25, -0.2) is 0 Å². The van der Waals surface area contributed by atoms with Crippen LogP contribution in [0.5, 0.6) is 5.75 Å². The van der Waals surface area contributed by atoms with Gasteiger partial charge in [0.2, 0.25) is 0 Å². The molecule has 1 atom stereocenters. The van der Waals surface area contributed by atoms with E-state index in [9.17, 15) is 0 Å². The summed E-state index contributed by atoms with van der Waals surface area (Å²) in [5.41, 5.74) is 1.24. The fraction of sp³-hybridized carbons (Fsp3) is 0.333. The van der Waals surface area contributed by atoms with E-state index in [0.717, 1.165) is 31.7 Å². The van der Waals surface area contributed by atoms with Crippen LogP contribution >= 0.6 is 11.6 Å². The lowest BCUT2D eigenvalue weighted by Gasteiger charge is -2.31. The van der Waals surface area contributed by atoms with E-state index in [2.05, 4.69) is 29.6 Å². The van der Waals surface area contributed by atoms with Crippen molar-refractivity contribution in [1.82, 2.24) is 5.32 Å². The highest BCUT2D eigenvalue weighted by molar-refractivity contribution is 6.30. The van der Waals surface area contributed by atoms with Gasteiger partial charge in [0.05, 0.1) is 0 Å². The third-order valence-corrected chi connectivity index (χ3v) is 4.23. The Morgan fingerprint density at radius 2 is 1.76 bits per heavy atom. The molecule has 2 nitrogen and oxygen atoms in total. The van der Waals surface area contributed by atoms with Gasteiger partial charge in [-0.05, 0) is 49.7 Å². The molecule has 0 bridgehead atoms. The first kappa shape index (κ1) is 14.4. The minimum atomic E-state index is 0.0896. The first-order valence-electron chi connectivity index (χ1n) is 7.51. The van der Waals surface area contributed by atoms with Gasteiger partial charge in [0.25, 0.3) is 0 Å². The highest BCUT2D eigenvalue weighted by Gasteiger charge is 2.26. The van der Waals surface area contributed by atoms with Crippen molar-refractivity contribution < 1.29 is 4.74 Å². The Labute approximate surface area is 131 Å². The molecular weight excluding hydrogens is 282 g/mol. The molecule has 1 N–H and O–H groups in total. The average Bonchev–Trinajstić information content (AvgIpc) is 2.54. The molecule has 1 aliphatic rings.